The highest BCUT2D eigenvalue weighted by Gasteiger charge is 1.91. The van der Waals surface area contributed by atoms with Gasteiger partial charge in [0.25, 0.3) is 0 Å². The summed E-state index contributed by atoms with van der Waals surface area (Å²) in [7, 11) is 0. The molecule has 1 heterocycles. The number of aryl methyl sites for hydroxylation is 1. The van der Waals surface area contributed by atoms with E-state index in [1.807, 2.05) is 19.2 Å². The van der Waals surface area contributed by atoms with Crippen molar-refractivity contribution < 1.29 is 0 Å². The topological polar surface area (TPSA) is 50.9 Å². The van der Waals surface area contributed by atoms with Crippen LogP contribution in [0.1, 0.15) is 18.4 Å². The first-order valence-corrected chi connectivity index (χ1v) is 4.69. The summed E-state index contributed by atoms with van der Waals surface area (Å²) < 4.78 is 0. The molecule has 13 heavy (non-hydrogen) atoms. The number of hydrogen-bond donors (Lipinski definition) is 2. The summed E-state index contributed by atoms with van der Waals surface area (Å²) in [5, 5.41) is 3.24. The minimum absolute atomic E-state index is 0.767. The Labute approximate surface area is 79.4 Å². The molecule has 1 rings (SSSR count). The Morgan fingerprint density at radius 1 is 1.38 bits per heavy atom. The number of pyridine rings is 1. The maximum absolute atomic E-state index is 5.38. The lowest BCUT2D eigenvalue weighted by molar-refractivity contribution is 0.772. The van der Waals surface area contributed by atoms with Crippen molar-refractivity contribution in [3.8, 4) is 0 Å². The van der Waals surface area contributed by atoms with Crippen molar-refractivity contribution in [3.63, 3.8) is 0 Å². The highest BCUT2D eigenvalue weighted by Crippen LogP contribution is 2.03. The van der Waals surface area contributed by atoms with Crippen LogP contribution in [0.3, 0.4) is 0 Å². The van der Waals surface area contributed by atoms with E-state index >= 15 is 0 Å². The first-order chi connectivity index (χ1) is 6.33. The number of nitrogens with zero attached hydrogens (tertiary/aromatic N) is 1. The van der Waals surface area contributed by atoms with Crippen LogP contribution in [0, 0.1) is 6.92 Å². The van der Waals surface area contributed by atoms with E-state index in [9.17, 15) is 0 Å². The molecule has 0 amide bonds. The first-order valence-electron chi connectivity index (χ1n) is 4.69. The summed E-state index contributed by atoms with van der Waals surface area (Å²) in [6.45, 7) is 3.75. The lowest BCUT2D eigenvalue weighted by Crippen LogP contribution is -2.06. The number of rotatable bonds is 5. The fourth-order valence-corrected chi connectivity index (χ4v) is 1.06. The summed E-state index contributed by atoms with van der Waals surface area (Å²) in [5.74, 6) is 0.947. The lowest BCUT2D eigenvalue weighted by Gasteiger charge is -2.04. The molecule has 1 aromatic heterocycles. The van der Waals surface area contributed by atoms with Gasteiger partial charge in [-0.3, -0.25) is 0 Å². The summed E-state index contributed by atoms with van der Waals surface area (Å²) >= 11 is 0. The molecule has 0 radical (unpaired) electrons. The molecule has 3 heteroatoms. The SMILES string of the molecule is Cc1ccc(NCCCCN)nc1. The van der Waals surface area contributed by atoms with Gasteiger partial charge in [-0.1, -0.05) is 6.07 Å². The predicted octanol–water partition coefficient (Wildman–Crippen LogP) is 1.54. The van der Waals surface area contributed by atoms with E-state index < -0.39 is 0 Å². The third-order valence-corrected chi connectivity index (χ3v) is 1.85. The van der Waals surface area contributed by atoms with E-state index in [2.05, 4.69) is 16.4 Å². The molecule has 0 saturated heterocycles. The lowest BCUT2D eigenvalue weighted by atomic mass is 10.3. The Morgan fingerprint density at radius 3 is 2.85 bits per heavy atom. The molecular formula is C10H17N3. The van der Waals surface area contributed by atoms with Gasteiger partial charge in [-0.25, -0.2) is 4.98 Å². The van der Waals surface area contributed by atoms with E-state index in [0.717, 1.165) is 31.7 Å². The fraction of sp³-hybridized carbons (Fsp3) is 0.500. The van der Waals surface area contributed by atoms with E-state index in [1.165, 1.54) is 5.56 Å². The van der Waals surface area contributed by atoms with Gasteiger partial charge in [-0.2, -0.15) is 0 Å². The van der Waals surface area contributed by atoms with Crippen LogP contribution in [0.4, 0.5) is 5.82 Å². The van der Waals surface area contributed by atoms with Gasteiger partial charge in [0.1, 0.15) is 5.82 Å². The molecule has 0 unspecified atom stereocenters. The minimum atomic E-state index is 0.767. The van der Waals surface area contributed by atoms with Crippen molar-refractivity contribution in [3.05, 3.63) is 23.9 Å². The number of unbranched alkanes of at least 4 members (excludes halogenated alkanes) is 1. The summed E-state index contributed by atoms with van der Waals surface area (Å²) in [6, 6.07) is 4.05. The van der Waals surface area contributed by atoms with Gasteiger partial charge < -0.3 is 11.1 Å². The highest BCUT2D eigenvalue weighted by molar-refractivity contribution is 5.34. The summed E-state index contributed by atoms with van der Waals surface area (Å²) in [4.78, 5) is 4.23. The van der Waals surface area contributed by atoms with Gasteiger partial charge in [0.15, 0.2) is 0 Å². The van der Waals surface area contributed by atoms with Gasteiger partial charge in [0.2, 0.25) is 0 Å². The monoisotopic (exact) mass is 179 g/mol. The molecule has 0 aliphatic carbocycles. The normalized spacial score (nSPS) is 10.0. The second kappa shape index (κ2) is 5.54. The molecule has 0 spiro atoms. The van der Waals surface area contributed by atoms with Crippen LogP contribution in [0.5, 0.6) is 0 Å². The predicted molar refractivity (Wildman–Crippen MR) is 55.8 cm³/mol. The number of nitrogens with two attached hydrogens (primary N) is 1. The van der Waals surface area contributed by atoms with Crippen molar-refractivity contribution in [2.45, 2.75) is 19.8 Å². The Hall–Kier alpha value is -1.09. The van der Waals surface area contributed by atoms with Crippen LogP contribution in [-0.4, -0.2) is 18.1 Å². The second-order valence-corrected chi connectivity index (χ2v) is 3.14. The maximum atomic E-state index is 5.38. The summed E-state index contributed by atoms with van der Waals surface area (Å²) in [5.41, 5.74) is 6.57. The van der Waals surface area contributed by atoms with Crippen molar-refractivity contribution >= 4 is 5.82 Å². The van der Waals surface area contributed by atoms with E-state index in [-0.39, 0.29) is 0 Å². The molecule has 1 aromatic rings. The number of anilines is 1. The average Bonchev–Trinajstić information content (AvgIpc) is 2.15. The van der Waals surface area contributed by atoms with Crippen molar-refractivity contribution in [2.24, 2.45) is 5.73 Å². The molecule has 3 N–H and O–H groups in total. The van der Waals surface area contributed by atoms with Crippen molar-refractivity contribution in [1.82, 2.24) is 4.98 Å². The van der Waals surface area contributed by atoms with Gasteiger partial charge in [-0.15, -0.1) is 0 Å². The molecule has 0 fully saturated rings. The van der Waals surface area contributed by atoms with Crippen LogP contribution in [0.2, 0.25) is 0 Å². The molecule has 0 aromatic carbocycles. The average molecular weight is 179 g/mol. The maximum Gasteiger partial charge on any atom is 0.125 e. The third-order valence-electron chi connectivity index (χ3n) is 1.85. The number of aromatic nitrogens is 1. The Balaban J connectivity index is 2.25. The molecule has 0 bridgehead atoms. The highest BCUT2D eigenvalue weighted by atomic mass is 15.0. The van der Waals surface area contributed by atoms with Crippen LogP contribution < -0.4 is 11.1 Å². The van der Waals surface area contributed by atoms with Gasteiger partial charge >= 0.3 is 0 Å². The fourth-order valence-electron chi connectivity index (χ4n) is 1.06. The zero-order valence-electron chi connectivity index (χ0n) is 8.09. The van der Waals surface area contributed by atoms with Crippen LogP contribution >= 0.6 is 0 Å². The van der Waals surface area contributed by atoms with E-state index in [4.69, 9.17) is 5.73 Å². The smallest absolute Gasteiger partial charge is 0.125 e. The Kier molecular flexibility index (Phi) is 4.26. The molecule has 0 aliphatic rings. The van der Waals surface area contributed by atoms with Gasteiger partial charge in [0, 0.05) is 12.7 Å². The Bertz CT molecular complexity index is 230. The van der Waals surface area contributed by atoms with Crippen LogP contribution in [0.15, 0.2) is 18.3 Å². The molecule has 0 aliphatic heterocycles. The first kappa shape index (κ1) is 9.99. The largest absolute Gasteiger partial charge is 0.370 e. The van der Waals surface area contributed by atoms with Gasteiger partial charge in [0.05, 0.1) is 0 Å². The minimum Gasteiger partial charge on any atom is -0.370 e. The zero-order chi connectivity index (χ0) is 9.52. The number of nitrogens with one attached hydrogen (secondary N) is 1. The quantitative estimate of drug-likeness (QED) is 0.674. The molecule has 0 saturated carbocycles. The molecule has 72 valence electrons. The zero-order valence-corrected chi connectivity index (χ0v) is 8.09. The van der Waals surface area contributed by atoms with E-state index in [1.54, 1.807) is 0 Å². The molecule has 0 atom stereocenters. The van der Waals surface area contributed by atoms with E-state index in [0.29, 0.717) is 0 Å². The second-order valence-electron chi connectivity index (χ2n) is 3.14. The standard InChI is InChI=1S/C10H17N3/c1-9-4-5-10(13-8-9)12-7-3-2-6-11/h4-5,8H,2-3,6-7,11H2,1H3,(H,12,13). The summed E-state index contributed by atoms with van der Waals surface area (Å²) in [6.07, 6.45) is 4.04. The number of hydrogen-bond acceptors (Lipinski definition) is 3. The van der Waals surface area contributed by atoms with Crippen LogP contribution in [-0.2, 0) is 0 Å². The van der Waals surface area contributed by atoms with Crippen molar-refractivity contribution in [2.75, 3.05) is 18.4 Å². The molecular weight excluding hydrogens is 162 g/mol. The molecule has 3 nitrogen and oxygen atoms in total. The third kappa shape index (κ3) is 3.90. The van der Waals surface area contributed by atoms with Crippen molar-refractivity contribution in [1.29, 1.82) is 0 Å². The Morgan fingerprint density at radius 2 is 2.23 bits per heavy atom. The van der Waals surface area contributed by atoms with Crippen LogP contribution in [0.25, 0.3) is 0 Å². The van der Waals surface area contributed by atoms with Gasteiger partial charge in [-0.05, 0) is 37.9 Å².